The average molecular weight is 343 g/mol. The van der Waals surface area contributed by atoms with Gasteiger partial charge in [-0.25, -0.2) is 4.39 Å². The van der Waals surface area contributed by atoms with Gasteiger partial charge < -0.3 is 10.4 Å². The van der Waals surface area contributed by atoms with Crippen molar-refractivity contribution in [3.05, 3.63) is 65.5 Å². The number of phenolic OH excluding ortho intramolecular Hbond substituents is 1. The van der Waals surface area contributed by atoms with Crippen molar-refractivity contribution in [2.75, 3.05) is 0 Å². The Morgan fingerprint density at radius 3 is 2.56 bits per heavy atom. The molecule has 0 aliphatic heterocycles. The number of nitrogens with one attached hydrogen (secondary N) is 1. The van der Waals surface area contributed by atoms with Crippen molar-refractivity contribution >= 4 is 5.91 Å². The third-order valence-electron chi connectivity index (χ3n) is 4.35. The lowest BCUT2D eigenvalue weighted by Crippen LogP contribution is -2.29. The Bertz CT molecular complexity index is 673. The molecule has 2 N–H and O–H groups in total. The predicted molar refractivity (Wildman–Crippen MR) is 97.9 cm³/mol. The Morgan fingerprint density at radius 1 is 1.12 bits per heavy atom. The fourth-order valence-electron chi connectivity index (χ4n) is 2.87. The minimum absolute atomic E-state index is 0.106. The van der Waals surface area contributed by atoms with Gasteiger partial charge in [0, 0.05) is 6.54 Å². The van der Waals surface area contributed by atoms with Gasteiger partial charge in [0.1, 0.15) is 0 Å². The molecular weight excluding hydrogens is 317 g/mol. The van der Waals surface area contributed by atoms with Crippen LogP contribution in [0.25, 0.3) is 0 Å². The fraction of sp³-hybridized carbons (Fsp3) is 0.381. The highest BCUT2D eigenvalue weighted by atomic mass is 19.1. The van der Waals surface area contributed by atoms with Crippen LogP contribution in [0.2, 0.25) is 0 Å². The van der Waals surface area contributed by atoms with Crippen molar-refractivity contribution in [1.29, 1.82) is 0 Å². The number of hydrogen-bond donors (Lipinski definition) is 2. The van der Waals surface area contributed by atoms with Crippen LogP contribution >= 0.6 is 0 Å². The van der Waals surface area contributed by atoms with Gasteiger partial charge in [0.05, 0.1) is 5.92 Å². The molecule has 2 aromatic rings. The summed E-state index contributed by atoms with van der Waals surface area (Å²) in [5, 5.41) is 12.3. The molecule has 0 fully saturated rings. The molecule has 4 heteroatoms. The number of carbonyl (C=O) groups excluding carboxylic acids is 1. The van der Waals surface area contributed by atoms with Gasteiger partial charge in [-0.2, -0.15) is 0 Å². The molecule has 0 heterocycles. The second kappa shape index (κ2) is 9.82. The van der Waals surface area contributed by atoms with Crippen molar-refractivity contribution in [3.63, 3.8) is 0 Å². The molecule has 1 amide bonds. The highest BCUT2D eigenvalue weighted by Crippen LogP contribution is 2.27. The van der Waals surface area contributed by atoms with Crippen LogP contribution in [0.1, 0.15) is 56.1 Å². The van der Waals surface area contributed by atoms with Gasteiger partial charge in [0.25, 0.3) is 0 Å². The maximum Gasteiger partial charge on any atom is 0.227 e. The Morgan fingerprint density at radius 2 is 1.88 bits per heavy atom. The zero-order valence-corrected chi connectivity index (χ0v) is 14.7. The molecule has 1 atom stereocenters. The third-order valence-corrected chi connectivity index (χ3v) is 4.35. The van der Waals surface area contributed by atoms with Crippen molar-refractivity contribution < 1.29 is 14.3 Å². The molecule has 25 heavy (non-hydrogen) atoms. The van der Waals surface area contributed by atoms with Gasteiger partial charge in [0.2, 0.25) is 5.91 Å². The van der Waals surface area contributed by atoms with E-state index in [0.29, 0.717) is 18.5 Å². The summed E-state index contributed by atoms with van der Waals surface area (Å²) in [7, 11) is 0. The molecule has 0 saturated heterocycles. The highest BCUT2D eigenvalue weighted by molar-refractivity contribution is 5.83. The Hall–Kier alpha value is -2.36. The maximum atomic E-state index is 13.7. The summed E-state index contributed by atoms with van der Waals surface area (Å²) in [6, 6.07) is 13.9. The highest BCUT2D eigenvalue weighted by Gasteiger charge is 2.21. The van der Waals surface area contributed by atoms with Crippen LogP contribution in [0.3, 0.4) is 0 Å². The van der Waals surface area contributed by atoms with Gasteiger partial charge >= 0.3 is 0 Å². The number of rotatable bonds is 9. The van der Waals surface area contributed by atoms with E-state index in [1.807, 2.05) is 30.3 Å². The van der Waals surface area contributed by atoms with E-state index in [2.05, 4.69) is 12.2 Å². The molecule has 134 valence electrons. The molecular formula is C21H26FNO2. The number of benzene rings is 2. The third kappa shape index (κ3) is 5.89. The van der Waals surface area contributed by atoms with Crippen LogP contribution in [-0.4, -0.2) is 11.0 Å². The smallest absolute Gasteiger partial charge is 0.227 e. The Kier molecular flexibility index (Phi) is 7.45. The molecule has 0 radical (unpaired) electrons. The first-order valence-electron chi connectivity index (χ1n) is 8.92. The van der Waals surface area contributed by atoms with E-state index in [4.69, 9.17) is 0 Å². The van der Waals surface area contributed by atoms with E-state index in [9.17, 15) is 14.3 Å². The molecule has 0 saturated carbocycles. The first-order valence-corrected chi connectivity index (χ1v) is 8.92. The van der Waals surface area contributed by atoms with Crippen molar-refractivity contribution in [3.8, 4) is 5.75 Å². The van der Waals surface area contributed by atoms with Crippen LogP contribution in [0.15, 0.2) is 48.5 Å². The quantitative estimate of drug-likeness (QED) is 0.636. The number of unbranched alkanes of at least 4 members (excludes halogenated alkanes) is 3. The van der Waals surface area contributed by atoms with E-state index < -0.39 is 17.5 Å². The molecule has 0 aromatic heterocycles. The summed E-state index contributed by atoms with van der Waals surface area (Å²) >= 11 is 0. The summed E-state index contributed by atoms with van der Waals surface area (Å²) < 4.78 is 13.7. The number of phenols is 1. The summed E-state index contributed by atoms with van der Waals surface area (Å²) in [6.45, 7) is 2.59. The molecule has 0 aliphatic carbocycles. The molecule has 0 spiro atoms. The lowest BCUT2D eigenvalue weighted by Gasteiger charge is -2.18. The maximum absolute atomic E-state index is 13.7. The van der Waals surface area contributed by atoms with E-state index in [1.165, 1.54) is 12.1 Å². The largest absolute Gasteiger partial charge is 0.505 e. The second-order valence-corrected chi connectivity index (χ2v) is 6.32. The van der Waals surface area contributed by atoms with E-state index in [1.54, 1.807) is 6.07 Å². The standard InChI is InChI=1S/C21H26FNO2/c1-2-3-4-8-11-18(17-12-13-20(24)19(22)14-17)21(25)23-15-16-9-6-5-7-10-16/h5-7,9-10,12-14,18,24H,2-4,8,11,15H2,1H3,(H,23,25). The SMILES string of the molecule is CCCCCCC(C(=O)NCc1ccccc1)c1ccc(O)c(F)c1. The van der Waals surface area contributed by atoms with E-state index in [0.717, 1.165) is 31.2 Å². The van der Waals surface area contributed by atoms with Crippen LogP contribution in [0.5, 0.6) is 5.75 Å². The Balaban J connectivity index is 2.06. The number of carbonyl (C=O) groups is 1. The second-order valence-electron chi connectivity index (χ2n) is 6.32. The number of halogens is 1. The van der Waals surface area contributed by atoms with Crippen LogP contribution in [0, 0.1) is 5.82 Å². The summed E-state index contributed by atoms with van der Waals surface area (Å²) in [4.78, 5) is 12.7. The topological polar surface area (TPSA) is 49.3 Å². The normalized spacial score (nSPS) is 11.9. The zero-order valence-electron chi connectivity index (χ0n) is 14.7. The molecule has 2 rings (SSSR count). The monoisotopic (exact) mass is 343 g/mol. The molecule has 0 bridgehead atoms. The van der Waals surface area contributed by atoms with Gasteiger partial charge in [0.15, 0.2) is 11.6 Å². The fourth-order valence-corrected chi connectivity index (χ4v) is 2.87. The Labute approximate surface area is 148 Å². The first-order chi connectivity index (χ1) is 12.1. The van der Waals surface area contributed by atoms with E-state index in [-0.39, 0.29) is 5.91 Å². The van der Waals surface area contributed by atoms with E-state index >= 15 is 0 Å². The average Bonchev–Trinajstić information content (AvgIpc) is 2.63. The molecule has 3 nitrogen and oxygen atoms in total. The van der Waals surface area contributed by atoms with Crippen LogP contribution < -0.4 is 5.32 Å². The minimum atomic E-state index is -0.688. The lowest BCUT2D eigenvalue weighted by atomic mass is 9.91. The van der Waals surface area contributed by atoms with Crippen molar-refractivity contribution in [2.24, 2.45) is 0 Å². The summed E-state index contributed by atoms with van der Waals surface area (Å²) in [6.07, 6.45) is 4.89. The van der Waals surface area contributed by atoms with Gasteiger partial charge in [-0.05, 0) is 29.7 Å². The zero-order chi connectivity index (χ0) is 18.1. The lowest BCUT2D eigenvalue weighted by molar-refractivity contribution is -0.122. The van der Waals surface area contributed by atoms with Gasteiger partial charge in [-0.3, -0.25) is 4.79 Å². The first kappa shape index (κ1) is 19.0. The number of amides is 1. The van der Waals surface area contributed by atoms with Crippen molar-refractivity contribution in [2.45, 2.75) is 51.5 Å². The van der Waals surface area contributed by atoms with Crippen LogP contribution in [0.4, 0.5) is 4.39 Å². The van der Waals surface area contributed by atoms with Gasteiger partial charge in [-0.1, -0.05) is 69.0 Å². The predicted octanol–water partition coefficient (Wildman–Crippen LogP) is 4.90. The number of hydrogen-bond acceptors (Lipinski definition) is 2. The number of aromatic hydroxyl groups is 1. The molecule has 2 aromatic carbocycles. The summed E-state index contributed by atoms with van der Waals surface area (Å²) in [5.41, 5.74) is 1.63. The summed E-state index contributed by atoms with van der Waals surface area (Å²) in [5.74, 6) is -1.59. The van der Waals surface area contributed by atoms with Gasteiger partial charge in [-0.15, -0.1) is 0 Å². The van der Waals surface area contributed by atoms with Crippen LogP contribution in [-0.2, 0) is 11.3 Å². The molecule has 1 unspecified atom stereocenters. The van der Waals surface area contributed by atoms with Crippen molar-refractivity contribution in [1.82, 2.24) is 5.32 Å². The minimum Gasteiger partial charge on any atom is -0.505 e. The molecule has 0 aliphatic rings.